The summed E-state index contributed by atoms with van der Waals surface area (Å²) >= 11 is 0. The molecule has 2 nitrogen and oxygen atoms in total. The molecular weight excluding hydrogens is 330 g/mol. The smallest absolute Gasteiger partial charge is 0.119 e. The van der Waals surface area contributed by atoms with Gasteiger partial charge in [-0.3, -0.25) is 4.99 Å². The van der Waals surface area contributed by atoms with Gasteiger partial charge in [-0.2, -0.15) is 0 Å². The van der Waals surface area contributed by atoms with Gasteiger partial charge in [0.15, 0.2) is 0 Å². The fourth-order valence-electron chi connectivity index (χ4n) is 6.49. The van der Waals surface area contributed by atoms with Gasteiger partial charge in [0, 0.05) is 12.1 Å². The molecule has 3 saturated carbocycles. The largest absolute Gasteiger partial charge is 0.497 e. The summed E-state index contributed by atoms with van der Waals surface area (Å²) in [5.41, 5.74) is 3.62. The highest BCUT2D eigenvalue weighted by Crippen LogP contribution is 2.61. The molecule has 0 unspecified atom stereocenters. The molecule has 0 spiro atoms. The molecule has 0 saturated heterocycles. The van der Waals surface area contributed by atoms with Crippen molar-refractivity contribution in [3.8, 4) is 5.75 Å². The van der Waals surface area contributed by atoms with Crippen molar-refractivity contribution in [3.63, 3.8) is 0 Å². The van der Waals surface area contributed by atoms with E-state index < -0.39 is 0 Å². The number of methoxy groups -OCH3 is 1. The average molecular weight is 361 g/mol. The Morgan fingerprint density at radius 1 is 1.19 bits per heavy atom. The predicted molar refractivity (Wildman–Crippen MR) is 110 cm³/mol. The maximum atomic E-state index is 5.46. The first-order chi connectivity index (χ1) is 13.2. The van der Waals surface area contributed by atoms with Crippen LogP contribution < -0.4 is 4.74 Å². The molecule has 0 bridgehead atoms. The Labute approximate surface area is 164 Å². The molecule has 1 aromatic carbocycles. The highest BCUT2D eigenvalue weighted by Gasteiger charge is 2.53. The summed E-state index contributed by atoms with van der Waals surface area (Å²) in [5, 5.41) is 0. The lowest BCUT2D eigenvalue weighted by molar-refractivity contribution is 0.0598. The number of benzene rings is 1. The number of hydrogen-bond donors (Lipinski definition) is 0. The minimum atomic E-state index is 0.485. The lowest BCUT2D eigenvalue weighted by Gasteiger charge is -2.49. The zero-order valence-corrected chi connectivity index (χ0v) is 16.5. The van der Waals surface area contributed by atoms with Gasteiger partial charge in [0.1, 0.15) is 5.75 Å². The van der Waals surface area contributed by atoms with Crippen molar-refractivity contribution in [2.75, 3.05) is 7.11 Å². The molecule has 4 aliphatic carbocycles. The molecule has 5 rings (SSSR count). The van der Waals surface area contributed by atoms with E-state index >= 15 is 0 Å². The maximum Gasteiger partial charge on any atom is 0.119 e. The van der Waals surface area contributed by atoms with Gasteiger partial charge in [0.25, 0.3) is 0 Å². The van der Waals surface area contributed by atoms with E-state index in [1.165, 1.54) is 50.0 Å². The SMILES string of the molecule is COc1ccc2c(c1)CC[C@@H]1[C@@H]2CC[C@]2(C)C[C@@H](N=C[C]3[CH][CH][CH][CH]3)C[C@@H]12. The molecule has 0 aromatic heterocycles. The Kier molecular flexibility index (Phi) is 4.57. The second kappa shape index (κ2) is 6.94. The summed E-state index contributed by atoms with van der Waals surface area (Å²) in [6, 6.07) is 7.30. The van der Waals surface area contributed by atoms with Crippen molar-refractivity contribution in [2.45, 2.75) is 57.4 Å². The van der Waals surface area contributed by atoms with Crippen LogP contribution in [-0.2, 0) is 6.42 Å². The fourth-order valence-corrected chi connectivity index (χ4v) is 6.49. The van der Waals surface area contributed by atoms with E-state index in [1.807, 2.05) is 0 Å². The third-order valence-corrected chi connectivity index (χ3v) is 7.80. The number of aryl methyl sites for hydroxylation is 1. The second-order valence-electron chi connectivity index (χ2n) is 9.26. The molecule has 27 heavy (non-hydrogen) atoms. The minimum absolute atomic E-state index is 0.485. The highest BCUT2D eigenvalue weighted by atomic mass is 16.5. The lowest BCUT2D eigenvalue weighted by Crippen LogP contribution is -2.39. The van der Waals surface area contributed by atoms with Gasteiger partial charge in [0.2, 0.25) is 0 Å². The van der Waals surface area contributed by atoms with E-state index in [1.54, 1.807) is 12.7 Å². The lowest BCUT2D eigenvalue weighted by atomic mass is 9.56. The normalized spacial score (nSPS) is 38.6. The average Bonchev–Trinajstić information content (AvgIpc) is 3.32. The standard InChI is InChI=1S/C25H30NO/c1-25-12-11-22-21-10-8-20(27-2)13-18(21)7-9-23(22)24(25)14-19(15-25)26-16-17-5-3-4-6-17/h3-6,8,10,13,16,19,22-24H,7,9,11-12,14-15H2,1-2H3/t19-,22+,23+,24-,25+/m0/s1. The molecule has 0 amide bonds. The molecule has 2 heteroatoms. The van der Waals surface area contributed by atoms with Crippen LogP contribution in [0.25, 0.3) is 0 Å². The summed E-state index contributed by atoms with van der Waals surface area (Å²) in [4.78, 5) is 5.00. The van der Waals surface area contributed by atoms with Gasteiger partial charge >= 0.3 is 0 Å². The third kappa shape index (κ3) is 3.13. The molecule has 1 aromatic rings. The Bertz CT molecular complexity index is 719. The minimum Gasteiger partial charge on any atom is -0.497 e. The van der Waals surface area contributed by atoms with E-state index in [2.05, 4.69) is 57.0 Å². The third-order valence-electron chi connectivity index (χ3n) is 7.80. The topological polar surface area (TPSA) is 21.6 Å². The molecule has 141 valence electrons. The summed E-state index contributed by atoms with van der Waals surface area (Å²) < 4.78 is 5.46. The van der Waals surface area contributed by atoms with Crippen LogP contribution in [0.1, 0.15) is 56.1 Å². The van der Waals surface area contributed by atoms with Crippen molar-refractivity contribution in [3.05, 3.63) is 60.9 Å². The van der Waals surface area contributed by atoms with Crippen LogP contribution in [0.15, 0.2) is 23.2 Å². The first-order valence-corrected chi connectivity index (χ1v) is 10.6. The molecular formula is C25H30NO. The number of nitrogens with zero attached hydrogens (tertiary/aromatic N) is 1. The summed E-state index contributed by atoms with van der Waals surface area (Å²) in [7, 11) is 1.77. The van der Waals surface area contributed by atoms with Crippen molar-refractivity contribution in [2.24, 2.45) is 22.2 Å². The first kappa shape index (κ1) is 17.8. The first-order valence-electron chi connectivity index (χ1n) is 10.6. The van der Waals surface area contributed by atoms with E-state index in [4.69, 9.17) is 9.73 Å². The van der Waals surface area contributed by atoms with Crippen LogP contribution in [-0.4, -0.2) is 19.4 Å². The van der Waals surface area contributed by atoms with Crippen LogP contribution in [0.5, 0.6) is 5.75 Å². The van der Waals surface area contributed by atoms with E-state index in [0.717, 1.165) is 23.5 Å². The van der Waals surface area contributed by atoms with E-state index in [0.29, 0.717) is 11.5 Å². The maximum absolute atomic E-state index is 5.46. The van der Waals surface area contributed by atoms with Gasteiger partial charge in [0.05, 0.1) is 13.2 Å². The zero-order valence-electron chi connectivity index (χ0n) is 16.5. The number of aliphatic imine (C=N–C) groups is 1. The molecule has 0 heterocycles. The highest BCUT2D eigenvalue weighted by molar-refractivity contribution is 5.82. The van der Waals surface area contributed by atoms with Crippen molar-refractivity contribution < 1.29 is 4.74 Å². The van der Waals surface area contributed by atoms with Gasteiger partial charge in [-0.05, 0) is 111 Å². The van der Waals surface area contributed by atoms with Crippen molar-refractivity contribution >= 4 is 6.21 Å². The Balaban J connectivity index is 1.35. The molecule has 0 aliphatic heterocycles. The Morgan fingerprint density at radius 2 is 2.04 bits per heavy atom. The van der Waals surface area contributed by atoms with Crippen molar-refractivity contribution in [1.82, 2.24) is 0 Å². The van der Waals surface area contributed by atoms with Gasteiger partial charge in [-0.15, -0.1) is 0 Å². The van der Waals surface area contributed by atoms with Crippen LogP contribution in [0.4, 0.5) is 0 Å². The Morgan fingerprint density at radius 3 is 2.85 bits per heavy atom. The number of ether oxygens (including phenoxy) is 1. The molecule has 0 N–H and O–H groups in total. The molecule has 5 atom stereocenters. The second-order valence-corrected chi connectivity index (χ2v) is 9.26. The Hall–Kier alpha value is -1.31. The molecule has 3 fully saturated rings. The molecule has 4 aliphatic rings. The fraction of sp³-hybridized carbons (Fsp3) is 0.520. The summed E-state index contributed by atoms with van der Waals surface area (Å²) in [5.74, 6) is 4.66. The number of fused-ring (bicyclic) bond motifs is 5. The van der Waals surface area contributed by atoms with Gasteiger partial charge in [-0.25, -0.2) is 0 Å². The van der Waals surface area contributed by atoms with Gasteiger partial charge in [-0.1, -0.05) is 13.0 Å². The summed E-state index contributed by atoms with van der Waals surface area (Å²) in [6.45, 7) is 2.55. The van der Waals surface area contributed by atoms with Crippen molar-refractivity contribution in [1.29, 1.82) is 0 Å². The number of hydrogen-bond acceptors (Lipinski definition) is 2. The number of rotatable bonds is 3. The van der Waals surface area contributed by atoms with Crippen LogP contribution >= 0.6 is 0 Å². The predicted octanol–water partition coefficient (Wildman–Crippen LogP) is 5.40. The van der Waals surface area contributed by atoms with Crippen LogP contribution in [0, 0.1) is 48.9 Å². The van der Waals surface area contributed by atoms with E-state index in [-0.39, 0.29) is 0 Å². The van der Waals surface area contributed by atoms with Crippen LogP contribution in [0.3, 0.4) is 0 Å². The van der Waals surface area contributed by atoms with Crippen LogP contribution in [0.2, 0.25) is 0 Å². The zero-order chi connectivity index (χ0) is 18.4. The quantitative estimate of drug-likeness (QED) is 0.662. The molecule has 5 radical (unpaired) electrons. The summed E-state index contributed by atoms with van der Waals surface area (Å²) in [6.07, 6.45) is 18.4. The monoisotopic (exact) mass is 360 g/mol. The van der Waals surface area contributed by atoms with E-state index in [9.17, 15) is 0 Å². The van der Waals surface area contributed by atoms with Gasteiger partial charge < -0.3 is 4.74 Å².